The van der Waals surface area contributed by atoms with Crippen LogP contribution in [0.15, 0.2) is 206 Å². The minimum atomic E-state index is 0.993. The minimum Gasteiger partial charge on any atom is -0.313 e. The molecular formula is C54H39N3. The van der Waals surface area contributed by atoms with Crippen LogP contribution < -0.4 is 4.90 Å². The zero-order valence-electron chi connectivity index (χ0n) is 31.5. The van der Waals surface area contributed by atoms with E-state index >= 15 is 0 Å². The number of hydrogen-bond donors (Lipinski definition) is 0. The van der Waals surface area contributed by atoms with E-state index in [1.165, 1.54) is 71.9 Å². The third-order valence-electron chi connectivity index (χ3n) is 11.6. The van der Waals surface area contributed by atoms with E-state index in [2.05, 4.69) is 226 Å². The van der Waals surface area contributed by atoms with Gasteiger partial charge in [0.2, 0.25) is 0 Å². The smallest absolute Gasteiger partial charge is 0.0542 e. The zero-order chi connectivity index (χ0) is 37.7. The summed E-state index contributed by atoms with van der Waals surface area (Å²) < 4.78 is 4.85. The Hall–Kier alpha value is -7.36. The van der Waals surface area contributed by atoms with Crippen molar-refractivity contribution in [1.82, 2.24) is 9.13 Å². The first-order valence-electron chi connectivity index (χ1n) is 19.8. The largest absolute Gasteiger partial charge is 0.313 e. The fourth-order valence-electron chi connectivity index (χ4n) is 8.98. The van der Waals surface area contributed by atoms with Gasteiger partial charge in [-0.3, -0.25) is 0 Å². The first kappa shape index (κ1) is 33.0. The van der Waals surface area contributed by atoms with Gasteiger partial charge in [0, 0.05) is 55.9 Å². The second-order valence-electron chi connectivity index (χ2n) is 14.9. The predicted octanol–water partition coefficient (Wildman–Crippen LogP) is 14.4. The second kappa shape index (κ2) is 13.7. The summed E-state index contributed by atoms with van der Waals surface area (Å²) in [6, 6.07) is 74.7. The number of anilines is 3. The molecule has 270 valence electrons. The maximum atomic E-state index is 2.45. The highest BCUT2D eigenvalue weighted by Crippen LogP contribution is 2.42. The van der Waals surface area contributed by atoms with Gasteiger partial charge in [-0.1, -0.05) is 127 Å². The van der Waals surface area contributed by atoms with Gasteiger partial charge in [-0.15, -0.1) is 0 Å². The molecule has 0 unspecified atom stereocenters. The lowest BCUT2D eigenvalue weighted by Crippen LogP contribution is -2.10. The molecule has 0 bridgehead atoms. The molecule has 3 nitrogen and oxygen atoms in total. The third kappa shape index (κ3) is 5.67. The summed E-state index contributed by atoms with van der Waals surface area (Å²) in [6.07, 6.45) is 4.42. The van der Waals surface area contributed by atoms with E-state index in [-0.39, 0.29) is 0 Å². The number of aromatic nitrogens is 2. The standard InChI is InChI=1S/C54H39N3/c1-4-14-38(15-5-1)39-24-31-45(32-25-39)57-52-23-13-11-21-48(52)50-37-46(33-35-54(50)57)55(42-16-6-2-7-17-42)44-29-26-40(27-30-44)41-28-34-53-49(36-41)47-20-10-12-22-51(47)56(53)43-18-8-3-9-19-43/h1-27,29-33,35-37H,28,34H2. The van der Waals surface area contributed by atoms with Crippen molar-refractivity contribution < 1.29 is 0 Å². The van der Waals surface area contributed by atoms with E-state index in [9.17, 15) is 0 Å². The monoisotopic (exact) mass is 729 g/mol. The maximum Gasteiger partial charge on any atom is 0.0542 e. The number of allylic oxidation sites excluding steroid dienone is 1. The second-order valence-corrected chi connectivity index (χ2v) is 14.9. The Labute approximate surface area is 332 Å². The van der Waals surface area contributed by atoms with Crippen LogP contribution in [-0.4, -0.2) is 9.13 Å². The Morgan fingerprint density at radius 1 is 0.351 bits per heavy atom. The van der Waals surface area contributed by atoms with Gasteiger partial charge >= 0.3 is 0 Å². The molecule has 0 saturated heterocycles. The Bertz CT molecular complexity index is 3080. The van der Waals surface area contributed by atoms with E-state index in [1.807, 2.05) is 0 Å². The van der Waals surface area contributed by atoms with Crippen LogP contribution in [0.2, 0.25) is 0 Å². The lowest BCUT2D eigenvalue weighted by Gasteiger charge is -2.26. The van der Waals surface area contributed by atoms with Crippen LogP contribution in [-0.2, 0) is 6.42 Å². The molecule has 2 aromatic heterocycles. The normalized spacial score (nSPS) is 12.5. The summed E-state index contributed by atoms with van der Waals surface area (Å²) in [5.41, 5.74) is 17.2. The first-order valence-corrected chi connectivity index (χ1v) is 19.8. The van der Waals surface area contributed by atoms with Gasteiger partial charge in [0.1, 0.15) is 0 Å². The molecule has 10 aromatic rings. The summed E-state index contributed by atoms with van der Waals surface area (Å²) in [5.74, 6) is 0. The predicted molar refractivity (Wildman–Crippen MR) is 240 cm³/mol. The van der Waals surface area contributed by atoms with Crippen LogP contribution in [0, 0.1) is 0 Å². The molecule has 0 fully saturated rings. The molecule has 0 amide bonds. The SMILES string of the molecule is C1=C(c2ccc(N(c3ccccc3)c3ccc4c(c3)c3ccccc3n4-c3ccc(-c4ccccc4)cc3)cc2)CCc2c1c1ccccc1n2-c1ccccc1. The number of benzene rings is 8. The van der Waals surface area contributed by atoms with Crippen LogP contribution in [0.1, 0.15) is 23.2 Å². The van der Waals surface area contributed by atoms with Crippen molar-refractivity contribution in [2.24, 2.45) is 0 Å². The molecule has 0 saturated carbocycles. The number of nitrogens with zero attached hydrogens (tertiary/aromatic N) is 3. The summed E-state index contributed by atoms with van der Waals surface area (Å²) in [4.78, 5) is 2.38. The van der Waals surface area contributed by atoms with Crippen molar-refractivity contribution in [1.29, 1.82) is 0 Å². The van der Waals surface area contributed by atoms with Crippen LogP contribution in [0.3, 0.4) is 0 Å². The Morgan fingerprint density at radius 2 is 0.877 bits per heavy atom. The van der Waals surface area contributed by atoms with Crippen molar-refractivity contribution >= 4 is 61.4 Å². The van der Waals surface area contributed by atoms with Gasteiger partial charge in [0.15, 0.2) is 0 Å². The lowest BCUT2D eigenvalue weighted by atomic mass is 9.91. The third-order valence-corrected chi connectivity index (χ3v) is 11.6. The van der Waals surface area contributed by atoms with Crippen molar-refractivity contribution in [3.05, 3.63) is 223 Å². The Balaban J connectivity index is 0.981. The maximum absolute atomic E-state index is 2.45. The molecule has 8 aromatic carbocycles. The first-order chi connectivity index (χ1) is 28.3. The summed E-state index contributed by atoms with van der Waals surface area (Å²) in [5, 5.41) is 3.77. The Kier molecular flexibility index (Phi) is 7.96. The number of hydrogen-bond acceptors (Lipinski definition) is 1. The van der Waals surface area contributed by atoms with Crippen LogP contribution in [0.25, 0.3) is 66.9 Å². The average Bonchev–Trinajstić information content (AvgIpc) is 3.80. The molecule has 1 aliphatic rings. The van der Waals surface area contributed by atoms with Gasteiger partial charge in [0.25, 0.3) is 0 Å². The van der Waals surface area contributed by atoms with Gasteiger partial charge in [-0.25, -0.2) is 0 Å². The zero-order valence-corrected chi connectivity index (χ0v) is 31.5. The molecule has 0 radical (unpaired) electrons. The highest BCUT2D eigenvalue weighted by atomic mass is 15.1. The average molecular weight is 730 g/mol. The molecule has 0 atom stereocenters. The fourth-order valence-corrected chi connectivity index (χ4v) is 8.98. The molecule has 3 heteroatoms. The number of fused-ring (bicyclic) bond motifs is 6. The van der Waals surface area contributed by atoms with Crippen LogP contribution in [0.5, 0.6) is 0 Å². The summed E-state index contributed by atoms with van der Waals surface area (Å²) in [7, 11) is 0. The van der Waals surface area contributed by atoms with Gasteiger partial charge < -0.3 is 14.0 Å². The van der Waals surface area contributed by atoms with Gasteiger partial charge in [-0.2, -0.15) is 0 Å². The summed E-state index contributed by atoms with van der Waals surface area (Å²) >= 11 is 0. The number of rotatable bonds is 7. The minimum absolute atomic E-state index is 0.993. The highest BCUT2D eigenvalue weighted by Gasteiger charge is 2.22. The Morgan fingerprint density at radius 3 is 1.61 bits per heavy atom. The molecule has 0 aliphatic heterocycles. The quantitative estimate of drug-likeness (QED) is 0.159. The van der Waals surface area contributed by atoms with E-state index in [0.29, 0.717) is 0 Å². The molecule has 57 heavy (non-hydrogen) atoms. The van der Waals surface area contributed by atoms with E-state index in [4.69, 9.17) is 0 Å². The molecule has 0 spiro atoms. The number of para-hydroxylation sites is 4. The molecule has 1 aliphatic carbocycles. The molecule has 0 N–H and O–H groups in total. The van der Waals surface area contributed by atoms with E-state index in [1.54, 1.807) is 0 Å². The molecule has 11 rings (SSSR count). The van der Waals surface area contributed by atoms with E-state index in [0.717, 1.165) is 35.6 Å². The van der Waals surface area contributed by atoms with Crippen LogP contribution >= 0.6 is 0 Å². The molecule has 2 heterocycles. The van der Waals surface area contributed by atoms with Crippen molar-refractivity contribution in [2.75, 3.05) is 4.90 Å². The topological polar surface area (TPSA) is 13.1 Å². The van der Waals surface area contributed by atoms with Crippen LogP contribution in [0.4, 0.5) is 17.1 Å². The van der Waals surface area contributed by atoms with Crippen molar-refractivity contribution in [3.8, 4) is 22.5 Å². The highest BCUT2D eigenvalue weighted by molar-refractivity contribution is 6.10. The fraction of sp³-hybridized carbons (Fsp3) is 0.0370. The summed E-state index contributed by atoms with van der Waals surface area (Å²) in [6.45, 7) is 0. The molecular weight excluding hydrogens is 691 g/mol. The van der Waals surface area contributed by atoms with Gasteiger partial charge in [-0.05, 0) is 120 Å². The van der Waals surface area contributed by atoms with Crippen molar-refractivity contribution in [2.45, 2.75) is 12.8 Å². The van der Waals surface area contributed by atoms with Gasteiger partial charge in [0.05, 0.1) is 16.6 Å². The van der Waals surface area contributed by atoms with E-state index < -0.39 is 0 Å². The van der Waals surface area contributed by atoms with Crippen molar-refractivity contribution in [3.63, 3.8) is 0 Å². The lowest BCUT2D eigenvalue weighted by molar-refractivity contribution is 0.898.